The highest BCUT2D eigenvalue weighted by Crippen LogP contribution is 2.30. The van der Waals surface area contributed by atoms with Crippen LogP contribution in [0.25, 0.3) is 0 Å². The number of benzene rings is 2. The van der Waals surface area contributed by atoms with Gasteiger partial charge in [0.05, 0.1) is 17.8 Å². The number of anilines is 2. The maximum atomic E-state index is 12.9. The molecule has 3 N–H and O–H groups in total. The quantitative estimate of drug-likeness (QED) is 0.625. The van der Waals surface area contributed by atoms with E-state index in [-0.39, 0.29) is 36.3 Å². The fourth-order valence-corrected chi connectivity index (χ4v) is 4.06. The zero-order chi connectivity index (χ0) is 22.7. The number of nitrogens with zero attached hydrogens (tertiary/aromatic N) is 1. The first-order valence-corrected chi connectivity index (χ1v) is 11.3. The molecule has 3 amide bonds. The molecule has 7 heteroatoms. The number of nitrogens with one attached hydrogen (secondary N) is 3. The zero-order valence-electron chi connectivity index (χ0n) is 18.6. The third-order valence-corrected chi connectivity index (χ3v) is 5.70. The van der Waals surface area contributed by atoms with Crippen molar-refractivity contribution in [3.05, 3.63) is 59.2 Å². The van der Waals surface area contributed by atoms with Crippen LogP contribution in [0.15, 0.2) is 42.5 Å². The highest BCUT2D eigenvalue weighted by Gasteiger charge is 2.26. The number of hydrogen-bond donors (Lipinski definition) is 3. The minimum Gasteiger partial charge on any atom is -0.362 e. The van der Waals surface area contributed by atoms with Crippen molar-refractivity contribution in [2.24, 2.45) is 0 Å². The van der Waals surface area contributed by atoms with Crippen molar-refractivity contribution >= 4 is 29.1 Å². The second kappa shape index (κ2) is 9.42. The average Bonchev–Trinajstić information content (AvgIpc) is 3.57. The van der Waals surface area contributed by atoms with E-state index in [2.05, 4.69) is 16.0 Å². The van der Waals surface area contributed by atoms with Gasteiger partial charge >= 0.3 is 0 Å². The Morgan fingerprint density at radius 1 is 1.00 bits per heavy atom. The fourth-order valence-electron chi connectivity index (χ4n) is 4.06. The van der Waals surface area contributed by atoms with Crippen molar-refractivity contribution < 1.29 is 14.4 Å². The third-order valence-electron chi connectivity index (χ3n) is 5.70. The molecule has 4 rings (SSSR count). The van der Waals surface area contributed by atoms with E-state index >= 15 is 0 Å². The largest absolute Gasteiger partial charge is 0.362 e. The molecule has 1 aliphatic heterocycles. The number of rotatable bonds is 7. The summed E-state index contributed by atoms with van der Waals surface area (Å²) in [6, 6.07) is 13.0. The summed E-state index contributed by atoms with van der Waals surface area (Å²) in [5.74, 6) is -0.437. The number of hydrogen-bond acceptors (Lipinski definition) is 4. The van der Waals surface area contributed by atoms with Crippen LogP contribution in [0.3, 0.4) is 0 Å². The van der Waals surface area contributed by atoms with Gasteiger partial charge in [0.15, 0.2) is 0 Å². The monoisotopic (exact) mass is 434 g/mol. The molecule has 2 aliphatic rings. The van der Waals surface area contributed by atoms with Crippen molar-refractivity contribution in [2.75, 3.05) is 23.3 Å². The summed E-state index contributed by atoms with van der Waals surface area (Å²) in [5.41, 5.74) is 3.55. The fraction of sp³-hybridized carbons (Fsp3) is 0.400. The molecule has 0 radical (unpaired) electrons. The number of para-hydroxylation sites is 1. The maximum absolute atomic E-state index is 12.9. The van der Waals surface area contributed by atoms with Gasteiger partial charge in [-0.1, -0.05) is 18.2 Å². The molecule has 2 aromatic carbocycles. The first kappa shape index (κ1) is 21.9. The molecule has 1 heterocycles. The van der Waals surface area contributed by atoms with E-state index in [1.165, 1.54) is 0 Å². The van der Waals surface area contributed by atoms with E-state index in [0.29, 0.717) is 16.8 Å². The molecule has 2 aromatic rings. The van der Waals surface area contributed by atoms with E-state index in [9.17, 15) is 14.4 Å². The van der Waals surface area contributed by atoms with Crippen LogP contribution in [0.1, 0.15) is 59.4 Å². The lowest BCUT2D eigenvalue weighted by molar-refractivity contribution is -0.115. The molecule has 1 fully saturated rings. The van der Waals surface area contributed by atoms with Gasteiger partial charge in [-0.2, -0.15) is 0 Å². The Hall–Kier alpha value is -3.35. The minimum absolute atomic E-state index is 0.0565. The van der Waals surface area contributed by atoms with Crippen LogP contribution in [0.5, 0.6) is 0 Å². The lowest BCUT2D eigenvalue weighted by Gasteiger charge is -2.32. The topological polar surface area (TPSA) is 90.5 Å². The van der Waals surface area contributed by atoms with Gasteiger partial charge in [0.1, 0.15) is 0 Å². The van der Waals surface area contributed by atoms with Crippen molar-refractivity contribution in [2.45, 2.75) is 51.6 Å². The van der Waals surface area contributed by atoms with E-state index in [1.807, 2.05) is 36.9 Å². The molecule has 1 saturated carbocycles. The number of carbonyl (C=O) groups is 3. The predicted molar refractivity (Wildman–Crippen MR) is 125 cm³/mol. The van der Waals surface area contributed by atoms with Gasteiger partial charge in [0, 0.05) is 29.9 Å². The summed E-state index contributed by atoms with van der Waals surface area (Å²) < 4.78 is 0. The molecule has 0 unspecified atom stereocenters. The third kappa shape index (κ3) is 5.10. The van der Waals surface area contributed by atoms with Crippen molar-refractivity contribution in [1.29, 1.82) is 0 Å². The molecule has 0 aromatic heterocycles. The number of fused-ring (bicyclic) bond motifs is 1. The maximum Gasteiger partial charge on any atom is 0.253 e. The Morgan fingerprint density at radius 2 is 1.75 bits per heavy atom. The molecule has 32 heavy (non-hydrogen) atoms. The van der Waals surface area contributed by atoms with Gasteiger partial charge in [0.2, 0.25) is 5.91 Å². The highest BCUT2D eigenvalue weighted by molar-refractivity contribution is 6.05. The van der Waals surface area contributed by atoms with Crippen LogP contribution in [0.2, 0.25) is 0 Å². The molecular formula is C25H30N4O3. The summed E-state index contributed by atoms with van der Waals surface area (Å²) >= 11 is 0. The average molecular weight is 435 g/mol. The summed E-state index contributed by atoms with van der Waals surface area (Å²) in [6.07, 6.45) is 3.68. The van der Waals surface area contributed by atoms with Crippen molar-refractivity contribution in [3.8, 4) is 0 Å². The molecule has 168 valence electrons. The van der Waals surface area contributed by atoms with Crippen molar-refractivity contribution in [3.63, 3.8) is 0 Å². The Bertz CT molecular complexity index is 1030. The van der Waals surface area contributed by atoms with E-state index in [4.69, 9.17) is 0 Å². The molecular weight excluding hydrogens is 404 g/mol. The Morgan fingerprint density at radius 3 is 2.50 bits per heavy atom. The van der Waals surface area contributed by atoms with Gasteiger partial charge in [-0.25, -0.2) is 0 Å². The SMILES string of the molecule is CC(C)NC(=O)c1cccc2c1CCCN2CC(=O)Nc1ccccc1C(=O)NC1CC1. The molecule has 7 nitrogen and oxygen atoms in total. The molecule has 0 saturated heterocycles. The summed E-state index contributed by atoms with van der Waals surface area (Å²) in [6.45, 7) is 4.76. The van der Waals surface area contributed by atoms with Gasteiger partial charge in [-0.15, -0.1) is 0 Å². The van der Waals surface area contributed by atoms with Gasteiger partial charge in [0.25, 0.3) is 11.8 Å². The van der Waals surface area contributed by atoms with Crippen LogP contribution in [-0.2, 0) is 11.2 Å². The highest BCUT2D eigenvalue weighted by atomic mass is 16.2. The lowest BCUT2D eigenvalue weighted by Crippen LogP contribution is -2.38. The predicted octanol–water partition coefficient (Wildman–Crippen LogP) is 3.11. The smallest absolute Gasteiger partial charge is 0.253 e. The molecule has 0 atom stereocenters. The van der Waals surface area contributed by atoms with E-state index < -0.39 is 0 Å². The zero-order valence-corrected chi connectivity index (χ0v) is 18.6. The van der Waals surface area contributed by atoms with Gasteiger partial charge in [-0.3, -0.25) is 14.4 Å². The molecule has 0 bridgehead atoms. The number of amides is 3. The summed E-state index contributed by atoms with van der Waals surface area (Å²) in [5, 5.41) is 8.83. The second-order valence-corrected chi connectivity index (χ2v) is 8.80. The van der Waals surface area contributed by atoms with Gasteiger partial charge < -0.3 is 20.9 Å². The summed E-state index contributed by atoms with van der Waals surface area (Å²) in [7, 11) is 0. The van der Waals surface area contributed by atoms with Crippen molar-refractivity contribution in [1.82, 2.24) is 10.6 Å². The first-order valence-electron chi connectivity index (χ1n) is 11.3. The van der Waals surface area contributed by atoms with E-state index in [0.717, 1.165) is 43.5 Å². The number of carbonyl (C=O) groups excluding carboxylic acids is 3. The van der Waals surface area contributed by atoms with Crippen LogP contribution < -0.4 is 20.9 Å². The van der Waals surface area contributed by atoms with Crippen LogP contribution >= 0.6 is 0 Å². The summed E-state index contributed by atoms with van der Waals surface area (Å²) in [4.78, 5) is 40.1. The molecule has 0 spiro atoms. The van der Waals surface area contributed by atoms with E-state index in [1.54, 1.807) is 24.3 Å². The Labute approximate surface area is 188 Å². The second-order valence-electron chi connectivity index (χ2n) is 8.80. The van der Waals surface area contributed by atoms with Crippen LogP contribution in [-0.4, -0.2) is 42.9 Å². The van der Waals surface area contributed by atoms with Crippen LogP contribution in [0, 0.1) is 0 Å². The Balaban J connectivity index is 1.48. The lowest BCUT2D eigenvalue weighted by atomic mass is 9.95. The molecule has 1 aliphatic carbocycles. The van der Waals surface area contributed by atoms with Crippen LogP contribution in [0.4, 0.5) is 11.4 Å². The normalized spacial score (nSPS) is 15.2. The first-order chi connectivity index (χ1) is 15.4. The minimum atomic E-state index is -0.193. The van der Waals surface area contributed by atoms with Gasteiger partial charge in [-0.05, 0) is 69.4 Å². The Kier molecular flexibility index (Phi) is 6.44. The standard InChI is InChI=1S/C25H30N4O3/c1-16(2)26-24(31)19-8-5-11-22-18(19)9-6-14-29(22)15-23(30)28-21-10-4-3-7-20(21)25(32)27-17-12-13-17/h3-5,7-8,10-11,16-17H,6,9,12-15H2,1-2H3,(H,26,31)(H,27,32)(H,28,30).